The van der Waals surface area contributed by atoms with E-state index in [4.69, 9.17) is 4.98 Å². The number of fused-ring (bicyclic) bond motifs is 1. The van der Waals surface area contributed by atoms with Gasteiger partial charge in [0.05, 0.1) is 0 Å². The van der Waals surface area contributed by atoms with Gasteiger partial charge in [-0.05, 0) is 45.8 Å². The first kappa shape index (κ1) is 28.6. The first-order chi connectivity index (χ1) is 18.3. The quantitative estimate of drug-likeness (QED) is 0.177. The second kappa shape index (κ2) is 12.2. The third-order valence-corrected chi connectivity index (χ3v) is 7.58. The zero-order chi connectivity index (χ0) is 26.6. The average Bonchev–Trinajstić information content (AvgIpc) is 2.97. The van der Waals surface area contributed by atoms with Gasteiger partial charge < -0.3 is 9.97 Å². The Morgan fingerprint density at radius 3 is 1.95 bits per heavy atom. The van der Waals surface area contributed by atoms with Gasteiger partial charge in [0.1, 0.15) is 0 Å². The van der Waals surface area contributed by atoms with E-state index in [1.165, 1.54) is 29.5 Å². The Bertz CT molecular complexity index is 1440. The average molecular weight is 687 g/mol. The Morgan fingerprint density at radius 1 is 0.615 bits per heavy atom. The molecule has 199 valence electrons. The van der Waals surface area contributed by atoms with Gasteiger partial charge in [0.2, 0.25) is 0 Å². The van der Waals surface area contributed by atoms with Crippen LogP contribution in [0.25, 0.3) is 33.6 Å². The minimum atomic E-state index is 0. The van der Waals surface area contributed by atoms with Crippen LogP contribution in [0.5, 0.6) is 0 Å². The van der Waals surface area contributed by atoms with Gasteiger partial charge >= 0.3 is 0 Å². The van der Waals surface area contributed by atoms with Gasteiger partial charge in [-0.3, -0.25) is 0 Å². The summed E-state index contributed by atoms with van der Waals surface area (Å²) in [6.45, 7) is 9.41. The normalized spacial score (nSPS) is 14.7. The van der Waals surface area contributed by atoms with Crippen molar-refractivity contribution in [3.63, 3.8) is 0 Å². The van der Waals surface area contributed by atoms with Crippen LogP contribution in [-0.2, 0) is 30.9 Å². The van der Waals surface area contributed by atoms with Crippen LogP contribution in [-0.4, -0.2) is 9.97 Å². The summed E-state index contributed by atoms with van der Waals surface area (Å²) in [5, 5.41) is 0. The molecule has 1 aliphatic carbocycles. The van der Waals surface area contributed by atoms with Crippen molar-refractivity contribution in [2.24, 2.45) is 0 Å². The monoisotopic (exact) mass is 687 g/mol. The molecule has 3 aromatic carbocycles. The predicted octanol–water partition coefficient (Wildman–Crippen LogP) is 9.11. The predicted molar refractivity (Wildman–Crippen MR) is 158 cm³/mol. The molecule has 2 nitrogen and oxygen atoms in total. The molecule has 0 amide bonds. The molecule has 39 heavy (non-hydrogen) atoms. The molecule has 0 N–H and O–H groups in total. The van der Waals surface area contributed by atoms with E-state index in [2.05, 4.69) is 93.3 Å². The van der Waals surface area contributed by atoms with Gasteiger partial charge in [0, 0.05) is 32.5 Å². The Hall–Kier alpha value is -3.39. The summed E-state index contributed by atoms with van der Waals surface area (Å²) >= 11 is 0. The van der Waals surface area contributed by atoms with Crippen molar-refractivity contribution in [3.8, 4) is 33.6 Å². The smallest absolute Gasteiger partial charge is 0.0239 e. The van der Waals surface area contributed by atoms with E-state index in [1.807, 2.05) is 54.7 Å². The van der Waals surface area contributed by atoms with Crippen molar-refractivity contribution in [3.05, 3.63) is 133 Å². The third-order valence-electron chi connectivity index (χ3n) is 7.58. The zero-order valence-corrected chi connectivity index (χ0v) is 25.4. The van der Waals surface area contributed by atoms with Gasteiger partial charge in [0.25, 0.3) is 0 Å². The first-order valence-corrected chi connectivity index (χ1v) is 13.3. The number of nitrogens with zero attached hydrogens (tertiary/aromatic N) is 2. The molecule has 3 heteroatoms. The van der Waals surface area contributed by atoms with Crippen molar-refractivity contribution in [2.75, 3.05) is 0 Å². The maximum absolute atomic E-state index is 4.73. The van der Waals surface area contributed by atoms with Crippen LogP contribution >= 0.6 is 0 Å². The Kier molecular flexibility index (Phi) is 8.95. The molecule has 6 rings (SSSR count). The van der Waals surface area contributed by atoms with Crippen LogP contribution in [0.4, 0.5) is 0 Å². The molecular weight excluding hydrogens is 653 g/mol. The number of pyridine rings is 2. The van der Waals surface area contributed by atoms with Crippen LogP contribution in [0.2, 0.25) is 0 Å². The number of benzene rings is 3. The molecule has 1 aliphatic rings. The molecule has 0 aliphatic heterocycles. The number of rotatable bonds is 3. The summed E-state index contributed by atoms with van der Waals surface area (Å²) in [6.07, 6.45) is 6.20. The van der Waals surface area contributed by atoms with Crippen LogP contribution in [0.1, 0.15) is 51.7 Å². The van der Waals surface area contributed by atoms with Gasteiger partial charge in [-0.25, -0.2) is 0 Å². The van der Waals surface area contributed by atoms with E-state index >= 15 is 0 Å². The Balaban J connectivity index is 0.000000228. The fraction of sp³-hybridized carbons (Fsp3) is 0.222. The van der Waals surface area contributed by atoms with Crippen molar-refractivity contribution >= 4 is 0 Å². The van der Waals surface area contributed by atoms with Crippen molar-refractivity contribution < 1.29 is 20.1 Å². The number of hydrogen-bond donors (Lipinski definition) is 0. The molecule has 0 bridgehead atoms. The van der Waals surface area contributed by atoms with E-state index in [9.17, 15) is 0 Å². The van der Waals surface area contributed by atoms with Gasteiger partial charge in [-0.15, -0.1) is 70.8 Å². The summed E-state index contributed by atoms with van der Waals surface area (Å²) in [5.41, 5.74) is 9.77. The van der Waals surface area contributed by atoms with Gasteiger partial charge in [-0.1, -0.05) is 88.7 Å². The summed E-state index contributed by atoms with van der Waals surface area (Å²) < 4.78 is 0. The van der Waals surface area contributed by atoms with Crippen molar-refractivity contribution in [1.82, 2.24) is 9.97 Å². The molecular formula is C36H34IrN2-2. The van der Waals surface area contributed by atoms with Crippen LogP contribution in [0.15, 0.2) is 109 Å². The first-order valence-electron chi connectivity index (χ1n) is 13.3. The maximum Gasteiger partial charge on any atom is 0.0239 e. The molecule has 1 radical (unpaired) electrons. The second-order valence-corrected chi connectivity index (χ2v) is 11.2. The van der Waals surface area contributed by atoms with Crippen LogP contribution in [0, 0.1) is 12.1 Å². The zero-order valence-electron chi connectivity index (χ0n) is 23.0. The molecule has 0 fully saturated rings. The van der Waals surface area contributed by atoms with Crippen molar-refractivity contribution in [1.29, 1.82) is 0 Å². The number of aromatic nitrogens is 2. The second-order valence-electron chi connectivity index (χ2n) is 11.2. The molecule has 0 atom stereocenters. The van der Waals surface area contributed by atoms with Gasteiger partial charge in [0.15, 0.2) is 0 Å². The topological polar surface area (TPSA) is 25.8 Å². The Labute approximate surface area is 246 Å². The largest absolute Gasteiger partial charge is 0.305 e. The van der Waals surface area contributed by atoms with E-state index < -0.39 is 0 Å². The molecule has 2 aromatic heterocycles. The molecule has 0 spiro atoms. The molecule has 0 saturated heterocycles. The summed E-state index contributed by atoms with van der Waals surface area (Å²) in [4.78, 5) is 8.94. The van der Waals surface area contributed by atoms with E-state index in [0.29, 0.717) is 0 Å². The third kappa shape index (κ3) is 6.61. The Morgan fingerprint density at radius 2 is 1.31 bits per heavy atom. The SMILES string of the molecule is CC1(C)CCC(C)(C)c2cc(-c3ccc(-c4ccccc4)cn3)[c-]cc21.[Ir].[c-]1ccccc1-c1ccccn1. The van der Waals surface area contributed by atoms with Gasteiger partial charge in [-0.2, -0.15) is 0 Å². The van der Waals surface area contributed by atoms with E-state index in [-0.39, 0.29) is 30.9 Å². The van der Waals surface area contributed by atoms with Crippen molar-refractivity contribution in [2.45, 2.75) is 51.4 Å². The van der Waals surface area contributed by atoms with E-state index in [1.54, 1.807) is 6.20 Å². The molecule has 2 heterocycles. The minimum absolute atomic E-state index is 0. The van der Waals surface area contributed by atoms with E-state index in [0.717, 1.165) is 28.1 Å². The fourth-order valence-corrected chi connectivity index (χ4v) is 5.08. The summed E-state index contributed by atoms with van der Waals surface area (Å²) in [5.74, 6) is 0. The standard InChI is InChI=1S/C25H26N.C11H8N.Ir/c1-24(2)14-15-25(3,4)22-16-19(10-12-21(22)24)23-13-11-20(17-26-23)18-8-6-5-7-9-18;1-2-6-10(7-3-1)11-8-4-5-9-12-11;/h5-9,11-13,16-17H,14-15H2,1-4H3;1-6,8-9H;/q2*-1;. The van der Waals surface area contributed by atoms with Crippen LogP contribution < -0.4 is 0 Å². The molecule has 0 unspecified atom stereocenters. The molecule has 5 aromatic rings. The minimum Gasteiger partial charge on any atom is -0.305 e. The summed E-state index contributed by atoms with van der Waals surface area (Å²) in [6, 6.07) is 39.5. The molecule has 0 saturated carbocycles. The maximum atomic E-state index is 4.73. The summed E-state index contributed by atoms with van der Waals surface area (Å²) in [7, 11) is 0. The fourth-order valence-electron chi connectivity index (χ4n) is 5.08. The van der Waals surface area contributed by atoms with Crippen LogP contribution in [0.3, 0.4) is 0 Å². The number of hydrogen-bond acceptors (Lipinski definition) is 2.